The molecule has 1 aliphatic heterocycles. The highest BCUT2D eigenvalue weighted by atomic mass is 19.1. The number of halogens is 1. The highest BCUT2D eigenvalue weighted by Gasteiger charge is 2.47. The van der Waals surface area contributed by atoms with Crippen molar-refractivity contribution in [3.63, 3.8) is 0 Å². The van der Waals surface area contributed by atoms with Gasteiger partial charge in [-0.05, 0) is 6.92 Å². The summed E-state index contributed by atoms with van der Waals surface area (Å²) in [6.07, 6.45) is -9.01. The number of nitrogens with zero attached hydrogens (tertiary/aromatic N) is 2. The van der Waals surface area contributed by atoms with Gasteiger partial charge in [-0.2, -0.15) is 4.39 Å². The monoisotopic (exact) mass is 363 g/mol. The number of hydrogen-bond acceptors (Lipinski definition) is 8. The van der Waals surface area contributed by atoms with Crippen LogP contribution < -0.4 is 17.0 Å². The van der Waals surface area contributed by atoms with Crippen LogP contribution in [0.3, 0.4) is 0 Å². The van der Waals surface area contributed by atoms with Gasteiger partial charge in [0.15, 0.2) is 12.3 Å². The summed E-state index contributed by atoms with van der Waals surface area (Å²) in [7, 11) is 0. The molecule has 0 spiro atoms. The largest absolute Gasteiger partial charge is 0.387 e. The van der Waals surface area contributed by atoms with Crippen LogP contribution in [-0.2, 0) is 21.0 Å². The van der Waals surface area contributed by atoms with Gasteiger partial charge in [-0.1, -0.05) is 0 Å². The second-order valence-electron chi connectivity index (χ2n) is 5.35. The molecule has 140 valence electrons. The third-order valence-electron chi connectivity index (χ3n) is 3.70. The molecule has 0 unspecified atom stereocenters. The fourth-order valence-electron chi connectivity index (χ4n) is 2.40. The van der Waals surface area contributed by atoms with Gasteiger partial charge in [0.1, 0.15) is 25.0 Å². The molecular weight excluding hydrogens is 345 g/mol. The first kappa shape index (κ1) is 19.2. The number of aromatic nitrogens is 2. The molecule has 0 bridgehead atoms. The summed E-state index contributed by atoms with van der Waals surface area (Å²) in [5.74, 6) is -2.56. The van der Waals surface area contributed by atoms with E-state index in [2.05, 4.69) is 0 Å². The number of aliphatic hydroxyl groups excluding tert-OH is 3. The Balaban J connectivity index is 2.55. The highest BCUT2D eigenvalue weighted by Crippen LogP contribution is 2.26. The molecule has 1 saturated heterocycles. The van der Waals surface area contributed by atoms with Crippen molar-refractivity contribution in [1.82, 2.24) is 9.13 Å². The molecule has 2 heterocycles. The zero-order chi connectivity index (χ0) is 18.9. The Hall–Kier alpha value is -2.12. The molecule has 1 aromatic rings. The number of hydrogen-bond donors (Lipinski definition) is 4. The van der Waals surface area contributed by atoms with Crippen molar-refractivity contribution in [2.24, 2.45) is 5.73 Å². The van der Waals surface area contributed by atoms with Crippen LogP contribution in [0.15, 0.2) is 15.8 Å². The SMILES string of the molecule is CCOCn1cc(F)c(=O)n([C@@H]2O[C@H](C(N)=O)[C@@H](O)[C@H](O)[C@H]2O)c1=O. The van der Waals surface area contributed by atoms with Gasteiger partial charge in [-0.3, -0.25) is 14.2 Å². The van der Waals surface area contributed by atoms with E-state index in [4.69, 9.17) is 15.2 Å². The van der Waals surface area contributed by atoms with Gasteiger partial charge in [0.25, 0.3) is 5.56 Å². The fourth-order valence-corrected chi connectivity index (χ4v) is 2.40. The van der Waals surface area contributed by atoms with Crippen molar-refractivity contribution in [2.45, 2.75) is 44.3 Å². The number of rotatable bonds is 5. The van der Waals surface area contributed by atoms with Crippen LogP contribution in [-0.4, -0.2) is 61.4 Å². The van der Waals surface area contributed by atoms with Crippen molar-refractivity contribution in [2.75, 3.05) is 6.61 Å². The number of ether oxygens (including phenoxy) is 2. The summed E-state index contributed by atoms with van der Waals surface area (Å²) >= 11 is 0. The normalized spacial score (nSPS) is 29.6. The van der Waals surface area contributed by atoms with E-state index in [-0.39, 0.29) is 17.9 Å². The van der Waals surface area contributed by atoms with Crippen LogP contribution in [0.25, 0.3) is 0 Å². The van der Waals surface area contributed by atoms with E-state index in [0.717, 1.165) is 0 Å². The fraction of sp³-hybridized carbons (Fsp3) is 0.615. The summed E-state index contributed by atoms with van der Waals surface area (Å²) in [6.45, 7) is 1.44. The smallest absolute Gasteiger partial charge is 0.335 e. The Morgan fingerprint density at radius 2 is 1.96 bits per heavy atom. The van der Waals surface area contributed by atoms with Crippen molar-refractivity contribution >= 4 is 5.91 Å². The van der Waals surface area contributed by atoms with E-state index < -0.39 is 53.6 Å². The lowest BCUT2D eigenvalue weighted by molar-refractivity contribution is -0.241. The second-order valence-corrected chi connectivity index (χ2v) is 5.35. The van der Waals surface area contributed by atoms with Crippen LogP contribution in [0.5, 0.6) is 0 Å². The predicted octanol–water partition coefficient (Wildman–Crippen LogP) is -3.39. The maximum Gasteiger partial charge on any atom is 0.335 e. The second kappa shape index (κ2) is 7.41. The van der Waals surface area contributed by atoms with E-state index in [1.807, 2.05) is 0 Å². The first-order valence-electron chi connectivity index (χ1n) is 7.28. The van der Waals surface area contributed by atoms with E-state index in [1.165, 1.54) is 0 Å². The van der Waals surface area contributed by atoms with Crippen LogP contribution in [0.1, 0.15) is 13.2 Å². The lowest BCUT2D eigenvalue weighted by atomic mass is 9.97. The Kier molecular flexibility index (Phi) is 5.69. The number of nitrogens with two attached hydrogens (primary N) is 1. The van der Waals surface area contributed by atoms with Crippen LogP contribution in [0.2, 0.25) is 0 Å². The molecular formula is C13H18FN3O8. The van der Waals surface area contributed by atoms with Gasteiger partial charge in [-0.25, -0.2) is 9.36 Å². The van der Waals surface area contributed by atoms with Crippen molar-refractivity contribution < 1.29 is 34.0 Å². The molecule has 1 aliphatic rings. The molecule has 0 aromatic carbocycles. The standard InChI is InChI=1S/C13H18FN3O8/c1-2-24-4-16-3-5(14)11(22)17(13(16)23)12-8(20)6(18)7(19)9(25-12)10(15)21/h3,6-9,12,18-20H,2,4H2,1H3,(H2,15,21)/t6-,7-,8+,9-,12+/m0/s1. The van der Waals surface area contributed by atoms with Crippen LogP contribution in [0, 0.1) is 5.82 Å². The van der Waals surface area contributed by atoms with E-state index in [1.54, 1.807) is 6.92 Å². The Morgan fingerprint density at radius 1 is 1.32 bits per heavy atom. The lowest BCUT2D eigenvalue weighted by Crippen LogP contribution is -2.62. The maximum absolute atomic E-state index is 13.9. The minimum Gasteiger partial charge on any atom is -0.387 e. The number of aliphatic hydroxyl groups is 3. The zero-order valence-electron chi connectivity index (χ0n) is 13.1. The van der Waals surface area contributed by atoms with Gasteiger partial charge in [0.05, 0.1) is 6.20 Å². The molecule has 5 N–H and O–H groups in total. The summed E-state index contributed by atoms with van der Waals surface area (Å²) < 4.78 is 24.7. The molecule has 1 aromatic heterocycles. The molecule has 1 amide bonds. The molecule has 0 radical (unpaired) electrons. The third-order valence-corrected chi connectivity index (χ3v) is 3.70. The van der Waals surface area contributed by atoms with Gasteiger partial charge in [0.2, 0.25) is 11.7 Å². The van der Waals surface area contributed by atoms with E-state index in [0.29, 0.717) is 10.8 Å². The number of carbonyl (C=O) groups excluding carboxylic acids is 1. The molecule has 11 nitrogen and oxygen atoms in total. The molecule has 0 saturated carbocycles. The van der Waals surface area contributed by atoms with Crippen LogP contribution >= 0.6 is 0 Å². The van der Waals surface area contributed by atoms with Crippen molar-refractivity contribution in [3.05, 3.63) is 32.9 Å². The van der Waals surface area contributed by atoms with Gasteiger partial charge < -0.3 is 30.5 Å². The zero-order valence-corrected chi connectivity index (χ0v) is 13.1. The molecule has 0 aliphatic carbocycles. The Labute approximate surface area is 139 Å². The van der Waals surface area contributed by atoms with E-state index >= 15 is 0 Å². The van der Waals surface area contributed by atoms with Crippen LogP contribution in [0.4, 0.5) is 4.39 Å². The van der Waals surface area contributed by atoms with Gasteiger partial charge in [-0.15, -0.1) is 0 Å². The molecule has 12 heteroatoms. The minimum atomic E-state index is -2.00. The molecule has 5 atom stereocenters. The Morgan fingerprint density at radius 3 is 2.52 bits per heavy atom. The summed E-state index contributed by atoms with van der Waals surface area (Å²) in [6, 6.07) is 0. The first-order chi connectivity index (χ1) is 11.7. The number of carbonyl (C=O) groups is 1. The number of primary amides is 1. The highest BCUT2D eigenvalue weighted by molar-refractivity contribution is 5.79. The van der Waals surface area contributed by atoms with Gasteiger partial charge in [0, 0.05) is 6.61 Å². The third kappa shape index (κ3) is 3.48. The topological polar surface area (TPSA) is 166 Å². The summed E-state index contributed by atoms with van der Waals surface area (Å²) in [4.78, 5) is 35.7. The van der Waals surface area contributed by atoms with Crippen molar-refractivity contribution in [1.29, 1.82) is 0 Å². The van der Waals surface area contributed by atoms with Gasteiger partial charge >= 0.3 is 5.69 Å². The molecule has 1 fully saturated rings. The predicted molar refractivity (Wildman–Crippen MR) is 77.7 cm³/mol. The number of amides is 1. The molecule has 2 rings (SSSR count). The Bertz CT molecular complexity index is 763. The summed E-state index contributed by atoms with van der Waals surface area (Å²) in [5, 5.41) is 29.6. The average molecular weight is 363 g/mol. The minimum absolute atomic E-state index is 0.185. The quantitative estimate of drug-likeness (QED) is 0.420. The van der Waals surface area contributed by atoms with E-state index in [9.17, 15) is 34.1 Å². The summed E-state index contributed by atoms with van der Waals surface area (Å²) in [5.41, 5.74) is 2.46. The lowest BCUT2D eigenvalue weighted by Gasteiger charge is -2.39. The molecule has 25 heavy (non-hydrogen) atoms. The first-order valence-corrected chi connectivity index (χ1v) is 7.28. The van der Waals surface area contributed by atoms with Crippen molar-refractivity contribution in [3.8, 4) is 0 Å². The maximum atomic E-state index is 13.9. The average Bonchev–Trinajstić information content (AvgIpc) is 2.56.